The molecule has 9 nitrogen and oxygen atoms in total. The van der Waals surface area contributed by atoms with Crippen molar-refractivity contribution in [3.05, 3.63) is 28.7 Å². The molecule has 3 rings (SSSR count). The highest BCUT2D eigenvalue weighted by Gasteiger charge is 2.32. The molecule has 0 N–H and O–H groups in total. The maximum atomic E-state index is 13.1. The predicted octanol–water partition coefficient (Wildman–Crippen LogP) is 0.979. The lowest BCUT2D eigenvalue weighted by molar-refractivity contribution is -0.133. The fourth-order valence-corrected chi connectivity index (χ4v) is 6.30. The third kappa shape index (κ3) is 5.59. The Balaban J connectivity index is 1.73. The van der Waals surface area contributed by atoms with Gasteiger partial charge in [-0.15, -0.1) is 0 Å². The van der Waals surface area contributed by atoms with Crippen LogP contribution in [0.2, 0.25) is 0 Å². The third-order valence-corrected chi connectivity index (χ3v) is 8.30. The Kier molecular flexibility index (Phi) is 8.13. The van der Waals surface area contributed by atoms with Gasteiger partial charge >= 0.3 is 0 Å². The highest BCUT2D eigenvalue weighted by molar-refractivity contribution is 7.89. The molecule has 2 aliphatic heterocycles. The third-order valence-electron chi connectivity index (χ3n) is 6.27. The summed E-state index contributed by atoms with van der Waals surface area (Å²) in [5.74, 6) is -0.152. The first kappa shape index (κ1) is 24.9. The number of carbonyl (C=O) groups is 1. The van der Waals surface area contributed by atoms with Crippen molar-refractivity contribution < 1.29 is 17.9 Å². The summed E-state index contributed by atoms with van der Waals surface area (Å²) in [6.45, 7) is 11.3. The van der Waals surface area contributed by atoms with Crippen molar-refractivity contribution in [2.75, 3.05) is 39.3 Å². The zero-order valence-corrected chi connectivity index (χ0v) is 20.4. The predicted molar refractivity (Wildman–Crippen MR) is 122 cm³/mol. The van der Waals surface area contributed by atoms with E-state index in [-0.39, 0.29) is 41.2 Å². The summed E-state index contributed by atoms with van der Waals surface area (Å²) >= 11 is 0. The van der Waals surface area contributed by atoms with E-state index in [1.165, 1.54) is 27.2 Å². The van der Waals surface area contributed by atoms with Gasteiger partial charge in [0.1, 0.15) is 6.54 Å². The van der Waals surface area contributed by atoms with Crippen molar-refractivity contribution in [1.82, 2.24) is 18.7 Å². The number of likely N-dealkylation sites (tertiary alicyclic amines) is 1. The van der Waals surface area contributed by atoms with Crippen LogP contribution < -0.4 is 5.56 Å². The smallest absolute Gasteiger partial charge is 0.251 e. The van der Waals surface area contributed by atoms with Crippen molar-refractivity contribution in [2.24, 2.45) is 0 Å². The van der Waals surface area contributed by atoms with Crippen LogP contribution in [0.25, 0.3) is 0 Å². The highest BCUT2D eigenvalue weighted by atomic mass is 32.2. The van der Waals surface area contributed by atoms with Gasteiger partial charge in [0.05, 0.1) is 17.1 Å². The SMILES string of the molecule is CCN(CC)S(=O)(=O)c1ccc(=O)n(CC(=O)N2CCCC2CN2CC(C)OC(C)C2)c1. The van der Waals surface area contributed by atoms with E-state index < -0.39 is 10.0 Å². The molecular weight excluding hydrogens is 432 g/mol. The number of sulfonamides is 1. The molecule has 0 aromatic carbocycles. The number of ether oxygens (including phenoxy) is 1. The van der Waals surface area contributed by atoms with E-state index in [0.717, 1.165) is 32.5 Å². The Morgan fingerprint density at radius 1 is 1.16 bits per heavy atom. The van der Waals surface area contributed by atoms with Gasteiger partial charge < -0.3 is 14.2 Å². The van der Waals surface area contributed by atoms with Gasteiger partial charge in [-0.25, -0.2) is 8.42 Å². The maximum Gasteiger partial charge on any atom is 0.251 e. The van der Waals surface area contributed by atoms with Crippen molar-refractivity contribution in [2.45, 2.75) is 70.2 Å². The fraction of sp³-hybridized carbons (Fsp3) is 0.727. The first-order valence-electron chi connectivity index (χ1n) is 11.5. The molecule has 0 aliphatic carbocycles. The Hall–Kier alpha value is -1.75. The van der Waals surface area contributed by atoms with Crippen LogP contribution in [-0.4, -0.2) is 90.5 Å². The first-order valence-corrected chi connectivity index (χ1v) is 13.0. The minimum absolute atomic E-state index is 0.0304. The molecule has 3 heterocycles. The van der Waals surface area contributed by atoms with Crippen LogP contribution in [0, 0.1) is 0 Å². The fourth-order valence-electron chi connectivity index (χ4n) is 4.82. The lowest BCUT2D eigenvalue weighted by atomic mass is 10.1. The lowest BCUT2D eigenvalue weighted by Crippen LogP contribution is -2.51. The Morgan fingerprint density at radius 3 is 2.44 bits per heavy atom. The van der Waals surface area contributed by atoms with E-state index in [9.17, 15) is 18.0 Å². The summed E-state index contributed by atoms with van der Waals surface area (Å²) in [4.78, 5) is 29.7. The number of nitrogens with zero attached hydrogens (tertiary/aromatic N) is 4. The lowest BCUT2D eigenvalue weighted by Gasteiger charge is -2.38. The zero-order chi connectivity index (χ0) is 23.5. The zero-order valence-electron chi connectivity index (χ0n) is 19.6. The molecule has 1 amide bonds. The molecule has 32 heavy (non-hydrogen) atoms. The Labute approximate surface area is 191 Å². The molecule has 0 saturated carbocycles. The molecular formula is C22H36N4O5S. The molecule has 10 heteroatoms. The monoisotopic (exact) mass is 468 g/mol. The van der Waals surface area contributed by atoms with Gasteiger partial charge in [0.15, 0.2) is 0 Å². The van der Waals surface area contributed by atoms with Crippen LogP contribution in [0.1, 0.15) is 40.5 Å². The van der Waals surface area contributed by atoms with E-state index in [1.807, 2.05) is 4.90 Å². The van der Waals surface area contributed by atoms with Gasteiger partial charge in [0.25, 0.3) is 5.56 Å². The molecule has 2 aliphatic rings. The van der Waals surface area contributed by atoms with Crippen LogP contribution in [0.4, 0.5) is 0 Å². The number of hydrogen-bond acceptors (Lipinski definition) is 6. The number of aromatic nitrogens is 1. The topological polar surface area (TPSA) is 92.2 Å². The van der Waals surface area contributed by atoms with Gasteiger partial charge in [-0.2, -0.15) is 4.31 Å². The summed E-state index contributed by atoms with van der Waals surface area (Å²) < 4.78 is 34.0. The number of hydrogen-bond donors (Lipinski definition) is 0. The molecule has 0 bridgehead atoms. The van der Waals surface area contributed by atoms with Gasteiger partial charge in [0, 0.05) is 57.6 Å². The van der Waals surface area contributed by atoms with E-state index in [1.54, 1.807) is 13.8 Å². The molecule has 2 saturated heterocycles. The molecule has 1 aromatic heterocycles. The van der Waals surface area contributed by atoms with Crippen molar-refractivity contribution in [3.63, 3.8) is 0 Å². The molecule has 3 unspecified atom stereocenters. The second-order valence-corrected chi connectivity index (χ2v) is 10.7. The van der Waals surface area contributed by atoms with Crippen LogP contribution in [-0.2, 0) is 26.1 Å². The molecule has 3 atom stereocenters. The normalized spacial score (nSPS) is 24.9. The minimum Gasteiger partial charge on any atom is -0.373 e. The standard InChI is InChI=1S/C22H36N4O5S/c1-5-25(6-2)32(29,30)20-9-10-21(27)24(15-20)16-22(28)26-11-7-8-19(26)14-23-12-17(3)31-18(4)13-23/h9-10,15,17-19H,5-8,11-14,16H2,1-4H3. The van der Waals surface area contributed by atoms with Gasteiger partial charge in [-0.05, 0) is 32.8 Å². The molecule has 0 radical (unpaired) electrons. The van der Waals surface area contributed by atoms with Crippen LogP contribution in [0.15, 0.2) is 28.0 Å². The number of pyridine rings is 1. The number of amides is 1. The van der Waals surface area contributed by atoms with Crippen LogP contribution >= 0.6 is 0 Å². The molecule has 180 valence electrons. The second kappa shape index (κ2) is 10.5. The number of carbonyl (C=O) groups excluding carboxylic acids is 1. The first-order chi connectivity index (χ1) is 15.1. The number of morpholine rings is 1. The summed E-state index contributed by atoms with van der Waals surface area (Å²) in [5, 5.41) is 0. The maximum absolute atomic E-state index is 13.1. The Morgan fingerprint density at radius 2 is 1.81 bits per heavy atom. The minimum atomic E-state index is -3.71. The summed E-state index contributed by atoms with van der Waals surface area (Å²) in [6, 6.07) is 2.64. The molecule has 0 spiro atoms. The largest absolute Gasteiger partial charge is 0.373 e. The van der Waals surface area contributed by atoms with Gasteiger partial charge in [-0.1, -0.05) is 13.8 Å². The van der Waals surface area contributed by atoms with Crippen molar-refractivity contribution >= 4 is 15.9 Å². The van der Waals surface area contributed by atoms with Crippen LogP contribution in [0.5, 0.6) is 0 Å². The molecule has 2 fully saturated rings. The average molecular weight is 469 g/mol. The number of rotatable bonds is 8. The van der Waals surface area contributed by atoms with Crippen molar-refractivity contribution in [1.29, 1.82) is 0 Å². The van der Waals surface area contributed by atoms with Gasteiger partial charge in [-0.3, -0.25) is 14.5 Å². The van der Waals surface area contributed by atoms with E-state index >= 15 is 0 Å². The van der Waals surface area contributed by atoms with Gasteiger partial charge in [0.2, 0.25) is 15.9 Å². The second-order valence-electron chi connectivity index (χ2n) is 8.78. The quantitative estimate of drug-likeness (QED) is 0.565. The average Bonchev–Trinajstić information content (AvgIpc) is 3.17. The van der Waals surface area contributed by atoms with E-state index in [0.29, 0.717) is 19.6 Å². The highest BCUT2D eigenvalue weighted by Crippen LogP contribution is 2.21. The molecule has 1 aromatic rings. The summed E-state index contributed by atoms with van der Waals surface area (Å²) in [6.07, 6.45) is 3.48. The van der Waals surface area contributed by atoms with Crippen LogP contribution in [0.3, 0.4) is 0 Å². The van der Waals surface area contributed by atoms with E-state index in [4.69, 9.17) is 4.74 Å². The van der Waals surface area contributed by atoms with E-state index in [2.05, 4.69) is 18.7 Å². The summed E-state index contributed by atoms with van der Waals surface area (Å²) in [7, 11) is -3.71. The summed E-state index contributed by atoms with van der Waals surface area (Å²) in [5.41, 5.74) is -0.386. The Bertz CT molecular complexity index is 949. The van der Waals surface area contributed by atoms with Crippen molar-refractivity contribution in [3.8, 4) is 0 Å².